The minimum absolute atomic E-state index is 0. The van der Waals surface area contributed by atoms with Crippen LogP contribution in [0.3, 0.4) is 0 Å². The molecule has 0 spiro atoms. The molecule has 0 radical (unpaired) electrons. The largest absolute Gasteiger partial charge is 1.00 e. The number of halogens is 7. The van der Waals surface area contributed by atoms with Crippen LogP contribution < -0.4 is 17.7 Å². The summed E-state index contributed by atoms with van der Waals surface area (Å²) in [6.45, 7) is -1.37. The van der Waals surface area contributed by atoms with Gasteiger partial charge in [-0.1, -0.05) is 0 Å². The van der Waals surface area contributed by atoms with Crippen molar-refractivity contribution >= 4 is 0 Å². The van der Waals surface area contributed by atoms with Gasteiger partial charge in [0.15, 0.2) is 0 Å². The average molecular weight is 278 g/mol. The molecule has 0 unspecified atom stereocenters. The van der Waals surface area contributed by atoms with Crippen molar-refractivity contribution in [2.24, 2.45) is 0 Å². The monoisotopic (exact) mass is 277 g/mol. The van der Waals surface area contributed by atoms with E-state index in [-0.39, 0.29) is 25.5 Å². The molecule has 10 heteroatoms. The van der Waals surface area contributed by atoms with Gasteiger partial charge in [0.25, 0.3) is 0 Å². The van der Waals surface area contributed by atoms with Gasteiger partial charge in [0, 0.05) is 0 Å². The van der Waals surface area contributed by atoms with E-state index >= 15 is 0 Å². The normalized spacial score (nSPS) is 12.4. The van der Waals surface area contributed by atoms with Gasteiger partial charge in [0.2, 0.25) is 0 Å². The van der Waals surface area contributed by atoms with Crippen LogP contribution in [0.25, 0.3) is 0 Å². The molecule has 0 aromatic heterocycles. The number of nitrogens with two attached hydrogens (primary N) is 1. The van der Waals surface area contributed by atoms with Crippen LogP contribution in [-0.4, -0.2) is 39.0 Å². The summed E-state index contributed by atoms with van der Waals surface area (Å²) in [6.07, 6.45) is -9.40. The molecule has 2 N–H and O–H groups in total. The Morgan fingerprint density at radius 1 is 0.750 bits per heavy atom. The van der Waals surface area contributed by atoms with E-state index in [0.29, 0.717) is 0 Å². The molecule has 0 aromatic carbocycles. The first-order valence-electron chi connectivity index (χ1n) is 3.94. The van der Waals surface area contributed by atoms with Crippen LogP contribution in [-0.2, 0) is 9.47 Å². The highest BCUT2D eigenvalue weighted by Gasteiger charge is 2.29. The van der Waals surface area contributed by atoms with Gasteiger partial charge >= 0.3 is 12.7 Å². The lowest BCUT2D eigenvalue weighted by molar-refractivity contribution is -0.661. The topological polar surface area (TPSA) is 35.1 Å². The summed E-state index contributed by atoms with van der Waals surface area (Å²) in [5.41, 5.74) is 0. The SMILES string of the molecule is FC(F)(F)OCC[NH2+]CCOC(F)(F)F.[Cl-]. The van der Waals surface area contributed by atoms with Crippen molar-refractivity contribution in [3.63, 3.8) is 0 Å². The van der Waals surface area contributed by atoms with E-state index in [1.807, 2.05) is 0 Å². The predicted molar refractivity (Wildman–Crippen MR) is 35.7 cm³/mol. The molecule has 0 aromatic rings. The summed E-state index contributed by atoms with van der Waals surface area (Å²) in [5.74, 6) is 0. The number of ether oxygens (including phenoxy) is 2. The Labute approximate surface area is 93.5 Å². The third kappa shape index (κ3) is 16.2. The van der Waals surface area contributed by atoms with Crippen LogP contribution in [0.2, 0.25) is 0 Å². The van der Waals surface area contributed by atoms with E-state index in [9.17, 15) is 26.3 Å². The molecule has 0 amide bonds. The fourth-order valence-electron chi connectivity index (χ4n) is 0.660. The van der Waals surface area contributed by atoms with Crippen LogP contribution in [0.1, 0.15) is 0 Å². The van der Waals surface area contributed by atoms with Crippen LogP contribution in [0.5, 0.6) is 0 Å². The predicted octanol–water partition coefficient (Wildman–Crippen LogP) is -2.37. The molecular weight excluding hydrogens is 268 g/mol. The minimum atomic E-state index is -4.70. The molecule has 0 aliphatic carbocycles. The molecule has 0 heterocycles. The Morgan fingerprint density at radius 2 is 1.06 bits per heavy atom. The maximum absolute atomic E-state index is 11.4. The second-order valence-electron chi connectivity index (χ2n) is 2.45. The molecule has 3 nitrogen and oxygen atoms in total. The van der Waals surface area contributed by atoms with Gasteiger partial charge < -0.3 is 17.7 Å². The lowest BCUT2D eigenvalue weighted by Gasteiger charge is -2.07. The van der Waals surface area contributed by atoms with Crippen molar-refractivity contribution in [2.45, 2.75) is 12.7 Å². The van der Waals surface area contributed by atoms with Gasteiger partial charge in [-0.05, 0) is 0 Å². The fraction of sp³-hybridized carbons (Fsp3) is 1.00. The average Bonchev–Trinajstić information content (AvgIpc) is 1.98. The van der Waals surface area contributed by atoms with E-state index in [1.54, 1.807) is 0 Å². The zero-order valence-corrected chi connectivity index (χ0v) is 8.62. The summed E-state index contributed by atoms with van der Waals surface area (Å²) >= 11 is 0. The first-order valence-corrected chi connectivity index (χ1v) is 3.94. The lowest BCUT2D eigenvalue weighted by Crippen LogP contribution is -3.00. The fourth-order valence-corrected chi connectivity index (χ4v) is 0.660. The summed E-state index contributed by atoms with van der Waals surface area (Å²) in [4.78, 5) is 0. The van der Waals surface area contributed by atoms with E-state index in [0.717, 1.165) is 0 Å². The summed E-state index contributed by atoms with van der Waals surface area (Å²) in [7, 11) is 0. The van der Waals surface area contributed by atoms with Gasteiger partial charge in [-0.15, -0.1) is 26.3 Å². The Kier molecular flexibility index (Phi) is 8.99. The maximum atomic E-state index is 11.4. The molecule has 0 aliphatic heterocycles. The van der Waals surface area contributed by atoms with Crippen molar-refractivity contribution in [1.29, 1.82) is 0 Å². The van der Waals surface area contributed by atoms with Gasteiger partial charge in [0.1, 0.15) is 13.2 Å². The Hall–Kier alpha value is -0.250. The standard InChI is InChI=1S/C6H9F6NO2.ClH/c7-5(8,9)14-3-1-13-2-4-15-6(10,11)12;/h13H,1-4H2;1H. The zero-order valence-electron chi connectivity index (χ0n) is 7.87. The number of hydrogen-bond donors (Lipinski definition) is 1. The zero-order chi connectivity index (χ0) is 11.9. The highest BCUT2D eigenvalue weighted by Crippen LogP contribution is 2.15. The summed E-state index contributed by atoms with van der Waals surface area (Å²) < 4.78 is 75.0. The molecule has 0 bridgehead atoms. The van der Waals surface area contributed by atoms with Crippen LogP contribution in [0.15, 0.2) is 0 Å². The Balaban J connectivity index is 0. The minimum Gasteiger partial charge on any atom is -1.00 e. The van der Waals surface area contributed by atoms with Crippen molar-refractivity contribution in [1.82, 2.24) is 0 Å². The highest BCUT2D eigenvalue weighted by atomic mass is 35.5. The maximum Gasteiger partial charge on any atom is 0.522 e. The lowest BCUT2D eigenvalue weighted by atomic mass is 10.6. The first kappa shape index (κ1) is 18.1. The second-order valence-corrected chi connectivity index (χ2v) is 2.45. The van der Waals surface area contributed by atoms with Gasteiger partial charge in [-0.2, -0.15) is 0 Å². The van der Waals surface area contributed by atoms with Gasteiger partial charge in [-0.3, -0.25) is 9.47 Å². The number of quaternary nitrogens is 1. The first-order chi connectivity index (χ1) is 6.71. The summed E-state index contributed by atoms with van der Waals surface area (Å²) in [6, 6.07) is 0. The smallest absolute Gasteiger partial charge is 0.522 e. The van der Waals surface area contributed by atoms with E-state index < -0.39 is 25.9 Å². The molecule has 0 rings (SSSR count). The Morgan fingerprint density at radius 3 is 1.31 bits per heavy atom. The highest BCUT2D eigenvalue weighted by molar-refractivity contribution is 4.31. The van der Waals surface area contributed by atoms with E-state index in [4.69, 9.17) is 0 Å². The van der Waals surface area contributed by atoms with Crippen molar-refractivity contribution in [2.75, 3.05) is 26.3 Å². The van der Waals surface area contributed by atoms with Crippen molar-refractivity contribution in [3.8, 4) is 0 Å². The quantitative estimate of drug-likeness (QED) is 0.435. The van der Waals surface area contributed by atoms with Gasteiger partial charge in [-0.25, -0.2) is 0 Å². The van der Waals surface area contributed by atoms with Crippen molar-refractivity contribution < 1.29 is 53.5 Å². The second kappa shape index (κ2) is 7.93. The Bertz CT molecular complexity index is 155. The molecule has 0 atom stereocenters. The molecule has 0 saturated carbocycles. The number of hydrogen-bond acceptors (Lipinski definition) is 2. The van der Waals surface area contributed by atoms with Gasteiger partial charge in [0.05, 0.1) is 13.1 Å². The number of alkyl halides is 6. The van der Waals surface area contributed by atoms with Crippen LogP contribution in [0, 0.1) is 0 Å². The third-order valence-corrected chi connectivity index (χ3v) is 1.18. The van der Waals surface area contributed by atoms with Crippen molar-refractivity contribution in [3.05, 3.63) is 0 Å². The molecule has 0 aliphatic rings. The third-order valence-electron chi connectivity index (χ3n) is 1.18. The molecule has 100 valence electrons. The van der Waals surface area contributed by atoms with E-state index in [2.05, 4.69) is 9.47 Å². The summed E-state index contributed by atoms with van der Waals surface area (Å²) in [5, 5.41) is 1.23. The number of rotatable bonds is 6. The van der Waals surface area contributed by atoms with Crippen LogP contribution in [0.4, 0.5) is 26.3 Å². The molecular formula is C6H10ClF6NO2. The van der Waals surface area contributed by atoms with Crippen LogP contribution >= 0.6 is 0 Å². The molecule has 0 saturated heterocycles. The molecule has 0 fully saturated rings. The molecule has 16 heavy (non-hydrogen) atoms. The van der Waals surface area contributed by atoms with E-state index in [1.165, 1.54) is 5.32 Å².